The number of nitrogens with one attached hydrogen (secondary N) is 1. The Labute approximate surface area is 152 Å². The van der Waals surface area contributed by atoms with Gasteiger partial charge >= 0.3 is 5.97 Å². The van der Waals surface area contributed by atoms with E-state index in [2.05, 4.69) is 42.6 Å². The molecule has 6 nitrogen and oxygen atoms in total. The Morgan fingerprint density at radius 1 is 1.12 bits per heavy atom. The van der Waals surface area contributed by atoms with Crippen LogP contribution in [0.15, 0.2) is 0 Å². The van der Waals surface area contributed by atoms with E-state index >= 15 is 0 Å². The van der Waals surface area contributed by atoms with Crippen LogP contribution in [-0.4, -0.2) is 61.8 Å². The van der Waals surface area contributed by atoms with E-state index in [4.69, 9.17) is 4.74 Å². The quantitative estimate of drug-likeness (QED) is 0.481. The van der Waals surface area contributed by atoms with Gasteiger partial charge in [0.05, 0.1) is 25.4 Å². The van der Waals surface area contributed by atoms with Gasteiger partial charge in [0.25, 0.3) is 0 Å². The molecule has 1 fully saturated rings. The molecule has 1 saturated heterocycles. The lowest BCUT2D eigenvalue weighted by Crippen LogP contribution is -2.57. The molecule has 6 heteroatoms. The molecule has 1 amide bonds. The summed E-state index contributed by atoms with van der Waals surface area (Å²) >= 11 is 0. The standard InChI is InChI=1S/C19H36N2O4/c1-14(2)18(21-12-15(3)25-16(4)13-21)19(23)20-11-9-7-6-8-10-17(22)24-5/h14-16,18H,6-13H2,1-5H3,(H,20,23). The predicted octanol–water partition coefficient (Wildman–Crippen LogP) is 2.36. The van der Waals surface area contributed by atoms with Crippen LogP contribution in [-0.2, 0) is 19.1 Å². The Balaban J connectivity index is 2.31. The number of ether oxygens (including phenoxy) is 2. The lowest BCUT2D eigenvalue weighted by atomic mass is 9.99. The molecule has 1 rings (SSSR count). The van der Waals surface area contributed by atoms with Crippen molar-refractivity contribution >= 4 is 11.9 Å². The number of nitrogens with zero attached hydrogens (tertiary/aromatic N) is 1. The van der Waals surface area contributed by atoms with Gasteiger partial charge in [-0.2, -0.15) is 0 Å². The van der Waals surface area contributed by atoms with Crippen molar-refractivity contribution < 1.29 is 19.1 Å². The predicted molar refractivity (Wildman–Crippen MR) is 98.3 cm³/mol. The molecular weight excluding hydrogens is 320 g/mol. The Morgan fingerprint density at radius 2 is 1.72 bits per heavy atom. The van der Waals surface area contributed by atoms with Gasteiger partial charge in [0, 0.05) is 26.1 Å². The fourth-order valence-corrected chi connectivity index (χ4v) is 3.50. The van der Waals surface area contributed by atoms with Gasteiger partial charge in [-0.05, 0) is 32.6 Å². The highest BCUT2D eigenvalue weighted by Gasteiger charge is 2.33. The monoisotopic (exact) mass is 356 g/mol. The minimum atomic E-state index is -0.151. The molecule has 0 aromatic carbocycles. The average Bonchev–Trinajstić information content (AvgIpc) is 2.52. The maximum absolute atomic E-state index is 12.7. The molecule has 25 heavy (non-hydrogen) atoms. The fraction of sp³-hybridized carbons (Fsp3) is 0.895. The van der Waals surface area contributed by atoms with E-state index in [1.807, 2.05) is 0 Å². The second-order valence-electron chi connectivity index (χ2n) is 7.43. The van der Waals surface area contributed by atoms with Gasteiger partial charge in [0.15, 0.2) is 0 Å². The van der Waals surface area contributed by atoms with E-state index in [9.17, 15) is 9.59 Å². The maximum atomic E-state index is 12.7. The van der Waals surface area contributed by atoms with Crippen molar-refractivity contribution in [2.75, 3.05) is 26.7 Å². The molecule has 3 unspecified atom stereocenters. The molecule has 1 aliphatic rings. The number of methoxy groups -OCH3 is 1. The Kier molecular flexibility index (Phi) is 10.0. The van der Waals surface area contributed by atoms with Gasteiger partial charge in [-0.1, -0.05) is 26.7 Å². The van der Waals surface area contributed by atoms with E-state index in [1.54, 1.807) is 0 Å². The minimum Gasteiger partial charge on any atom is -0.469 e. The average molecular weight is 357 g/mol. The van der Waals surface area contributed by atoms with Crippen LogP contribution in [0, 0.1) is 5.92 Å². The number of rotatable bonds is 10. The molecule has 0 aromatic heterocycles. The molecule has 1 N–H and O–H groups in total. The van der Waals surface area contributed by atoms with Gasteiger partial charge in [-0.15, -0.1) is 0 Å². The van der Waals surface area contributed by atoms with Crippen molar-refractivity contribution in [1.29, 1.82) is 0 Å². The third kappa shape index (κ3) is 8.19. The van der Waals surface area contributed by atoms with Gasteiger partial charge < -0.3 is 14.8 Å². The first-order valence-electron chi connectivity index (χ1n) is 9.59. The molecule has 146 valence electrons. The topological polar surface area (TPSA) is 67.9 Å². The van der Waals surface area contributed by atoms with Crippen molar-refractivity contribution in [2.45, 2.75) is 78.0 Å². The van der Waals surface area contributed by atoms with Crippen molar-refractivity contribution in [3.05, 3.63) is 0 Å². The number of unbranched alkanes of at least 4 members (excludes halogenated alkanes) is 3. The Morgan fingerprint density at radius 3 is 2.28 bits per heavy atom. The number of carbonyl (C=O) groups excluding carboxylic acids is 2. The second kappa shape index (κ2) is 11.5. The van der Waals surface area contributed by atoms with E-state index in [0.717, 1.165) is 38.8 Å². The molecule has 1 heterocycles. The maximum Gasteiger partial charge on any atom is 0.305 e. The largest absolute Gasteiger partial charge is 0.469 e. The summed E-state index contributed by atoms with van der Waals surface area (Å²) in [5, 5.41) is 3.09. The highest BCUT2D eigenvalue weighted by molar-refractivity contribution is 5.82. The van der Waals surface area contributed by atoms with E-state index in [1.165, 1.54) is 7.11 Å². The van der Waals surface area contributed by atoms with Crippen LogP contribution in [0.5, 0.6) is 0 Å². The molecule has 0 aliphatic carbocycles. The second-order valence-corrected chi connectivity index (χ2v) is 7.43. The number of carbonyl (C=O) groups is 2. The van der Waals surface area contributed by atoms with E-state index in [0.29, 0.717) is 13.0 Å². The van der Waals surface area contributed by atoms with Crippen LogP contribution in [0.3, 0.4) is 0 Å². The number of morpholine rings is 1. The highest BCUT2D eigenvalue weighted by Crippen LogP contribution is 2.18. The molecule has 0 saturated carbocycles. The molecule has 0 radical (unpaired) electrons. The third-order valence-electron chi connectivity index (χ3n) is 4.58. The lowest BCUT2D eigenvalue weighted by molar-refractivity contribution is -0.140. The molecule has 3 atom stereocenters. The van der Waals surface area contributed by atoms with Crippen molar-refractivity contribution in [3.8, 4) is 0 Å². The van der Waals surface area contributed by atoms with Crippen molar-refractivity contribution in [1.82, 2.24) is 10.2 Å². The number of hydrogen-bond acceptors (Lipinski definition) is 5. The summed E-state index contributed by atoms with van der Waals surface area (Å²) in [6, 6.07) is -0.104. The van der Waals surface area contributed by atoms with Gasteiger partial charge in [0.2, 0.25) is 5.91 Å². The smallest absolute Gasteiger partial charge is 0.305 e. The first kappa shape index (κ1) is 21.9. The molecule has 0 aromatic rings. The summed E-state index contributed by atoms with van der Waals surface area (Å²) in [6.45, 7) is 10.6. The van der Waals surface area contributed by atoms with Crippen LogP contribution >= 0.6 is 0 Å². The summed E-state index contributed by atoms with van der Waals surface area (Å²) < 4.78 is 10.4. The number of hydrogen-bond donors (Lipinski definition) is 1. The van der Waals surface area contributed by atoms with Crippen molar-refractivity contribution in [2.24, 2.45) is 5.92 Å². The van der Waals surface area contributed by atoms with E-state index in [-0.39, 0.29) is 36.0 Å². The van der Waals surface area contributed by atoms with Crippen LogP contribution < -0.4 is 5.32 Å². The summed E-state index contributed by atoms with van der Waals surface area (Å²) in [5.74, 6) is 0.227. The first-order chi connectivity index (χ1) is 11.8. The van der Waals surface area contributed by atoms with Crippen LogP contribution in [0.4, 0.5) is 0 Å². The van der Waals surface area contributed by atoms with Crippen molar-refractivity contribution in [3.63, 3.8) is 0 Å². The van der Waals surface area contributed by atoms with Gasteiger partial charge in [-0.3, -0.25) is 14.5 Å². The first-order valence-corrected chi connectivity index (χ1v) is 9.59. The van der Waals surface area contributed by atoms with Crippen LogP contribution in [0.2, 0.25) is 0 Å². The lowest BCUT2D eigenvalue weighted by Gasteiger charge is -2.41. The minimum absolute atomic E-state index is 0.104. The summed E-state index contributed by atoms with van der Waals surface area (Å²) in [7, 11) is 1.42. The Bertz CT molecular complexity index is 404. The summed E-state index contributed by atoms with van der Waals surface area (Å²) in [4.78, 5) is 26.0. The number of amides is 1. The van der Waals surface area contributed by atoms with Gasteiger partial charge in [-0.25, -0.2) is 0 Å². The Hall–Kier alpha value is -1.14. The molecule has 0 spiro atoms. The van der Waals surface area contributed by atoms with Crippen LogP contribution in [0.1, 0.15) is 59.8 Å². The van der Waals surface area contributed by atoms with E-state index < -0.39 is 0 Å². The zero-order valence-corrected chi connectivity index (χ0v) is 16.5. The highest BCUT2D eigenvalue weighted by atomic mass is 16.5. The molecule has 0 bridgehead atoms. The SMILES string of the molecule is COC(=O)CCCCCCNC(=O)C(C(C)C)N1CC(C)OC(C)C1. The summed E-state index contributed by atoms with van der Waals surface area (Å²) in [6.07, 6.45) is 4.57. The van der Waals surface area contributed by atoms with Gasteiger partial charge in [0.1, 0.15) is 0 Å². The third-order valence-corrected chi connectivity index (χ3v) is 4.58. The summed E-state index contributed by atoms with van der Waals surface area (Å²) in [5.41, 5.74) is 0. The van der Waals surface area contributed by atoms with Crippen LogP contribution in [0.25, 0.3) is 0 Å². The normalized spacial score (nSPS) is 22.6. The molecular formula is C19H36N2O4. The fourth-order valence-electron chi connectivity index (χ4n) is 3.50. The zero-order chi connectivity index (χ0) is 18.8. The molecule has 1 aliphatic heterocycles. The zero-order valence-electron chi connectivity index (χ0n) is 16.5. The number of esters is 1.